The molecule has 1 aromatic rings. The van der Waals surface area contributed by atoms with Crippen molar-refractivity contribution in [3.05, 3.63) is 23.8 Å². The number of hydrogen-bond acceptors (Lipinski definition) is 4. The summed E-state index contributed by atoms with van der Waals surface area (Å²) in [5.74, 6) is 1.37. The average molecular weight is 330 g/mol. The summed E-state index contributed by atoms with van der Waals surface area (Å²) in [6, 6.07) is 6.28. The number of carbonyl (C=O) groups excluding carboxylic acids is 1. The molecular formula is C20H30N2O2. The second kappa shape index (κ2) is 8.52. The molecule has 2 heterocycles. The number of hydrogen-bond donors (Lipinski definition) is 1. The van der Waals surface area contributed by atoms with Gasteiger partial charge in [0.2, 0.25) is 0 Å². The summed E-state index contributed by atoms with van der Waals surface area (Å²) < 4.78 is 5.96. The van der Waals surface area contributed by atoms with Crippen molar-refractivity contribution in [2.24, 2.45) is 5.92 Å². The molecule has 2 aliphatic rings. The van der Waals surface area contributed by atoms with Crippen LogP contribution in [-0.4, -0.2) is 43.5 Å². The first kappa shape index (κ1) is 17.3. The molecule has 1 atom stereocenters. The van der Waals surface area contributed by atoms with Gasteiger partial charge in [-0.3, -0.25) is 4.79 Å². The first-order valence-corrected chi connectivity index (χ1v) is 9.45. The summed E-state index contributed by atoms with van der Waals surface area (Å²) in [4.78, 5) is 14.2. The molecule has 1 fully saturated rings. The normalized spacial score (nSPS) is 21.5. The van der Waals surface area contributed by atoms with Crippen molar-refractivity contribution < 1.29 is 9.53 Å². The molecule has 0 saturated carbocycles. The molecule has 0 amide bonds. The van der Waals surface area contributed by atoms with Crippen LogP contribution in [0, 0.1) is 5.92 Å². The predicted octanol–water partition coefficient (Wildman–Crippen LogP) is 3.50. The first-order chi connectivity index (χ1) is 11.7. The lowest BCUT2D eigenvalue weighted by atomic mass is 9.98. The number of fused-ring (bicyclic) bond motifs is 1. The number of likely N-dealkylation sites (tertiary alicyclic amines) is 1. The zero-order valence-corrected chi connectivity index (χ0v) is 14.9. The number of carbonyl (C=O) groups is 1. The Hall–Kier alpha value is -1.55. The fraction of sp³-hybridized carbons (Fsp3) is 0.650. The largest absolute Gasteiger partial charge is 0.494 e. The number of rotatable bonds is 6. The van der Waals surface area contributed by atoms with E-state index in [1.165, 1.54) is 37.9 Å². The van der Waals surface area contributed by atoms with Gasteiger partial charge < -0.3 is 15.0 Å². The van der Waals surface area contributed by atoms with Crippen molar-refractivity contribution >= 4 is 11.5 Å². The Morgan fingerprint density at radius 1 is 1.29 bits per heavy atom. The molecule has 1 unspecified atom stereocenters. The lowest BCUT2D eigenvalue weighted by Gasteiger charge is -2.26. The van der Waals surface area contributed by atoms with E-state index < -0.39 is 0 Å². The van der Waals surface area contributed by atoms with Crippen molar-refractivity contribution in [1.82, 2.24) is 4.90 Å². The van der Waals surface area contributed by atoms with Crippen LogP contribution in [0.4, 0.5) is 5.69 Å². The number of nitrogens with one attached hydrogen (secondary N) is 1. The number of benzene rings is 1. The van der Waals surface area contributed by atoms with Crippen LogP contribution in [0.1, 0.15) is 44.6 Å². The van der Waals surface area contributed by atoms with E-state index in [4.69, 9.17) is 4.74 Å². The second-order valence-corrected chi connectivity index (χ2v) is 7.15. The fourth-order valence-corrected chi connectivity index (χ4v) is 3.71. The van der Waals surface area contributed by atoms with Gasteiger partial charge in [-0.25, -0.2) is 0 Å². The average Bonchev–Trinajstić information content (AvgIpc) is 2.82. The van der Waals surface area contributed by atoms with Crippen LogP contribution in [-0.2, 0) is 11.2 Å². The summed E-state index contributed by atoms with van der Waals surface area (Å²) in [6.45, 7) is 6.87. The highest BCUT2D eigenvalue weighted by Crippen LogP contribution is 2.28. The molecule has 0 spiro atoms. The molecule has 4 nitrogen and oxygen atoms in total. The van der Waals surface area contributed by atoms with Crippen LogP contribution in [0.3, 0.4) is 0 Å². The Kier molecular flexibility index (Phi) is 6.13. The molecule has 0 radical (unpaired) electrons. The second-order valence-electron chi connectivity index (χ2n) is 7.15. The van der Waals surface area contributed by atoms with Crippen molar-refractivity contribution in [1.29, 1.82) is 0 Å². The van der Waals surface area contributed by atoms with Gasteiger partial charge in [0.25, 0.3) is 0 Å². The highest BCUT2D eigenvalue weighted by Gasteiger charge is 2.19. The van der Waals surface area contributed by atoms with E-state index in [9.17, 15) is 4.79 Å². The zero-order valence-electron chi connectivity index (χ0n) is 14.9. The molecule has 24 heavy (non-hydrogen) atoms. The summed E-state index contributed by atoms with van der Waals surface area (Å²) in [5, 5.41) is 3.41. The van der Waals surface area contributed by atoms with E-state index in [-0.39, 0.29) is 11.7 Å². The fourth-order valence-electron chi connectivity index (χ4n) is 3.71. The zero-order chi connectivity index (χ0) is 16.8. The maximum absolute atomic E-state index is 11.6. The lowest BCUT2D eigenvalue weighted by Crippen LogP contribution is -2.31. The van der Waals surface area contributed by atoms with Crippen molar-refractivity contribution in [2.45, 2.75) is 45.4 Å². The van der Waals surface area contributed by atoms with E-state index >= 15 is 0 Å². The molecule has 0 aromatic heterocycles. The minimum absolute atomic E-state index is 0.131. The van der Waals surface area contributed by atoms with E-state index in [0.717, 1.165) is 50.4 Å². The molecule has 3 rings (SSSR count). The Balaban J connectivity index is 1.46. The summed E-state index contributed by atoms with van der Waals surface area (Å²) in [6.07, 6.45) is 7.04. The molecule has 4 heteroatoms. The lowest BCUT2D eigenvalue weighted by molar-refractivity contribution is -0.120. The predicted molar refractivity (Wildman–Crippen MR) is 97.8 cm³/mol. The third kappa shape index (κ3) is 4.73. The van der Waals surface area contributed by atoms with Gasteiger partial charge in [-0.2, -0.15) is 0 Å². The molecule has 1 saturated heterocycles. The number of aryl methyl sites for hydroxylation is 1. The highest BCUT2D eigenvalue weighted by atomic mass is 16.5. The Morgan fingerprint density at radius 3 is 2.92 bits per heavy atom. The van der Waals surface area contributed by atoms with Crippen molar-refractivity contribution in [3.63, 3.8) is 0 Å². The minimum atomic E-state index is 0.131. The van der Waals surface area contributed by atoms with E-state index in [2.05, 4.69) is 22.3 Å². The smallest absolute Gasteiger partial charge is 0.134 e. The molecule has 2 aliphatic heterocycles. The Morgan fingerprint density at radius 2 is 2.12 bits per heavy atom. The summed E-state index contributed by atoms with van der Waals surface area (Å²) in [7, 11) is 0. The number of ether oxygens (including phenoxy) is 1. The highest BCUT2D eigenvalue weighted by molar-refractivity contribution is 5.79. The molecule has 0 bridgehead atoms. The van der Waals surface area contributed by atoms with Gasteiger partial charge in [-0.1, -0.05) is 6.42 Å². The van der Waals surface area contributed by atoms with Crippen LogP contribution in [0.15, 0.2) is 18.2 Å². The van der Waals surface area contributed by atoms with Crippen LogP contribution >= 0.6 is 0 Å². The van der Waals surface area contributed by atoms with Gasteiger partial charge >= 0.3 is 0 Å². The first-order valence-electron chi connectivity index (χ1n) is 9.45. The van der Waals surface area contributed by atoms with Crippen LogP contribution < -0.4 is 10.1 Å². The standard InChI is InChI=1S/C20H30N2O2/c1-16(23)18-7-6-17-14-19(8-9-20(17)21-15-18)24-13-5-12-22-10-3-2-4-11-22/h8-9,14,18,21H,2-7,10-13,15H2,1H3. The summed E-state index contributed by atoms with van der Waals surface area (Å²) in [5.41, 5.74) is 2.42. The van der Waals surface area contributed by atoms with Gasteiger partial charge in [-0.15, -0.1) is 0 Å². The number of anilines is 1. The monoisotopic (exact) mass is 330 g/mol. The van der Waals surface area contributed by atoms with E-state index in [0.29, 0.717) is 0 Å². The maximum Gasteiger partial charge on any atom is 0.134 e. The number of nitrogens with zero attached hydrogens (tertiary/aromatic N) is 1. The summed E-state index contributed by atoms with van der Waals surface area (Å²) >= 11 is 0. The van der Waals surface area contributed by atoms with Crippen molar-refractivity contribution in [2.75, 3.05) is 38.1 Å². The van der Waals surface area contributed by atoms with Gasteiger partial charge in [0.1, 0.15) is 11.5 Å². The van der Waals surface area contributed by atoms with E-state index in [1.807, 2.05) is 6.07 Å². The number of piperidine rings is 1. The molecule has 1 N–H and O–H groups in total. The topological polar surface area (TPSA) is 41.6 Å². The SMILES string of the molecule is CC(=O)C1CCc2cc(OCCCN3CCCCC3)ccc2NC1. The molecular weight excluding hydrogens is 300 g/mol. The number of ketones is 1. The third-order valence-corrected chi connectivity index (χ3v) is 5.29. The van der Waals surface area contributed by atoms with Gasteiger partial charge in [0.05, 0.1) is 6.61 Å². The van der Waals surface area contributed by atoms with Crippen LogP contribution in [0.5, 0.6) is 5.75 Å². The van der Waals surface area contributed by atoms with Crippen molar-refractivity contribution in [3.8, 4) is 5.75 Å². The third-order valence-electron chi connectivity index (χ3n) is 5.29. The molecule has 132 valence electrons. The van der Waals surface area contributed by atoms with E-state index in [1.54, 1.807) is 6.92 Å². The quantitative estimate of drug-likeness (QED) is 0.811. The van der Waals surface area contributed by atoms with Gasteiger partial charge in [0.15, 0.2) is 0 Å². The minimum Gasteiger partial charge on any atom is -0.494 e. The van der Waals surface area contributed by atoms with Crippen LogP contribution in [0.25, 0.3) is 0 Å². The van der Waals surface area contributed by atoms with Gasteiger partial charge in [0, 0.05) is 24.7 Å². The Bertz CT molecular complexity index is 553. The van der Waals surface area contributed by atoms with Crippen LogP contribution in [0.2, 0.25) is 0 Å². The maximum atomic E-state index is 11.6. The molecule has 1 aromatic carbocycles. The number of Topliss-reactive ketones (excluding diaryl/α,β-unsaturated/α-hetero) is 1. The molecule has 0 aliphatic carbocycles. The Labute approximate surface area is 145 Å². The van der Waals surface area contributed by atoms with Gasteiger partial charge in [-0.05, 0) is 75.9 Å².